The molecule has 0 spiro atoms. The van der Waals surface area contributed by atoms with E-state index in [-0.39, 0.29) is 4.49 Å². The molecule has 1 saturated carbocycles. The fraction of sp³-hybridized carbons (Fsp3) is 0.273. The summed E-state index contributed by atoms with van der Waals surface area (Å²) in [5, 5.41) is 20.0. The van der Waals surface area contributed by atoms with Gasteiger partial charge < -0.3 is 9.84 Å². The first-order chi connectivity index (χ1) is 13.2. The van der Waals surface area contributed by atoms with Gasteiger partial charge in [-0.15, -0.1) is 0 Å². The number of carbonyl (C=O) groups is 1. The number of rotatable bonds is 6. The van der Waals surface area contributed by atoms with Gasteiger partial charge in [0.05, 0.1) is 12.0 Å². The third-order valence-electron chi connectivity index (χ3n) is 5.65. The minimum Gasteiger partial charge on any atom is -0.481 e. The molecule has 0 heterocycles. The van der Waals surface area contributed by atoms with Gasteiger partial charge >= 0.3 is 5.97 Å². The Morgan fingerprint density at radius 1 is 1.18 bits per heavy atom. The third kappa shape index (κ3) is 3.26. The number of carboxylic acids is 1. The van der Waals surface area contributed by atoms with Crippen LogP contribution in [0.15, 0.2) is 65.2 Å². The molecule has 6 heteroatoms. The fourth-order valence-corrected chi connectivity index (χ4v) is 4.46. The van der Waals surface area contributed by atoms with Gasteiger partial charge in [-0.25, -0.2) is 0 Å². The molecule has 0 radical (unpaired) electrons. The van der Waals surface area contributed by atoms with E-state index in [4.69, 9.17) is 27.9 Å². The van der Waals surface area contributed by atoms with Crippen LogP contribution in [0, 0.1) is 28.1 Å². The Morgan fingerprint density at radius 3 is 2.39 bits per heavy atom. The Bertz CT molecular complexity index is 961. The predicted molar refractivity (Wildman–Crippen MR) is 108 cm³/mol. The molecule has 4 nitrogen and oxygen atoms in total. The molecular weight excluding hydrogens is 397 g/mol. The molecule has 1 fully saturated rings. The van der Waals surface area contributed by atoms with Gasteiger partial charge in [0, 0.05) is 5.92 Å². The third-order valence-corrected chi connectivity index (χ3v) is 5.90. The second kappa shape index (κ2) is 7.50. The van der Waals surface area contributed by atoms with E-state index in [0.29, 0.717) is 17.1 Å². The van der Waals surface area contributed by atoms with Crippen molar-refractivity contribution < 1.29 is 14.6 Å². The molecule has 0 aromatic heterocycles. The maximum atomic E-state index is 12.3. The summed E-state index contributed by atoms with van der Waals surface area (Å²) in [5.41, 5.74) is -1.44. The van der Waals surface area contributed by atoms with E-state index in [1.54, 1.807) is 24.3 Å². The number of nitriles is 1. The van der Waals surface area contributed by atoms with Crippen molar-refractivity contribution in [3.05, 3.63) is 70.7 Å². The minimum atomic E-state index is -1.33. The molecule has 2 aromatic rings. The standard InChI is InChI=1S/C22H19Cl2NO3/c1-21(2)18(12-19(23)24)22(21,20(26)27)17(13-25)14-7-6-10-16(11-14)28-15-8-4-3-5-9-15/h3-12,17-18H,1-2H3,(H,26,27)/t17-,18-,22+/m0/s1. The lowest BCUT2D eigenvalue weighted by Gasteiger charge is -2.22. The minimum absolute atomic E-state index is 0.000878. The van der Waals surface area contributed by atoms with Gasteiger partial charge in [-0.1, -0.05) is 67.4 Å². The second-order valence-electron chi connectivity index (χ2n) is 7.38. The van der Waals surface area contributed by atoms with Crippen LogP contribution in [0.5, 0.6) is 11.5 Å². The lowest BCUT2D eigenvalue weighted by atomic mass is 9.78. The van der Waals surface area contributed by atoms with Crippen LogP contribution in [-0.2, 0) is 4.79 Å². The van der Waals surface area contributed by atoms with Crippen molar-refractivity contribution in [2.45, 2.75) is 19.8 Å². The van der Waals surface area contributed by atoms with Gasteiger partial charge in [0.1, 0.15) is 21.4 Å². The summed E-state index contributed by atoms with van der Waals surface area (Å²) < 4.78 is 5.84. The molecule has 2 aromatic carbocycles. The zero-order valence-corrected chi connectivity index (χ0v) is 16.9. The summed E-state index contributed by atoms with van der Waals surface area (Å²) in [7, 11) is 0. The van der Waals surface area contributed by atoms with Crippen molar-refractivity contribution in [3.8, 4) is 17.6 Å². The Morgan fingerprint density at radius 2 is 1.82 bits per heavy atom. The van der Waals surface area contributed by atoms with E-state index in [2.05, 4.69) is 6.07 Å². The molecule has 1 aliphatic carbocycles. The van der Waals surface area contributed by atoms with Gasteiger partial charge in [-0.05, 0) is 41.3 Å². The van der Waals surface area contributed by atoms with Crippen LogP contribution >= 0.6 is 23.2 Å². The first kappa shape index (κ1) is 20.3. The normalized spacial score (nSPS) is 23.2. The first-order valence-corrected chi connectivity index (χ1v) is 9.49. The summed E-state index contributed by atoms with van der Waals surface area (Å²) >= 11 is 11.6. The molecule has 0 bridgehead atoms. The molecule has 0 amide bonds. The number of nitrogens with zero attached hydrogens (tertiary/aromatic N) is 1. The monoisotopic (exact) mass is 415 g/mol. The van der Waals surface area contributed by atoms with Gasteiger partial charge in [0.25, 0.3) is 0 Å². The van der Waals surface area contributed by atoms with E-state index in [1.165, 1.54) is 6.08 Å². The Kier molecular flexibility index (Phi) is 5.43. The van der Waals surface area contributed by atoms with Crippen LogP contribution < -0.4 is 4.74 Å². The number of ether oxygens (including phenoxy) is 1. The van der Waals surface area contributed by atoms with Crippen LogP contribution in [0.25, 0.3) is 0 Å². The molecule has 3 rings (SSSR count). The molecule has 3 atom stereocenters. The average molecular weight is 416 g/mol. The zero-order chi connectivity index (χ0) is 20.5. The number of allylic oxidation sites excluding steroid dienone is 1. The predicted octanol–water partition coefficient (Wildman–Crippen LogP) is 6.13. The molecule has 28 heavy (non-hydrogen) atoms. The van der Waals surface area contributed by atoms with Gasteiger partial charge in [-0.2, -0.15) is 5.26 Å². The second-order valence-corrected chi connectivity index (χ2v) is 8.39. The molecule has 0 unspecified atom stereocenters. The van der Waals surface area contributed by atoms with Gasteiger partial charge in [0.2, 0.25) is 0 Å². The largest absolute Gasteiger partial charge is 0.481 e. The van der Waals surface area contributed by atoms with Gasteiger partial charge in [0.15, 0.2) is 0 Å². The number of para-hydroxylation sites is 1. The Balaban J connectivity index is 2.01. The van der Waals surface area contributed by atoms with E-state index in [0.717, 1.165) is 0 Å². The SMILES string of the molecule is CC1(C)[C@H](C=C(Cl)Cl)[C@@]1(C(=O)O)[C@@H](C#N)c1cccc(Oc2ccccc2)c1. The molecule has 144 valence electrons. The molecule has 1 aliphatic rings. The fourth-order valence-electron chi connectivity index (χ4n) is 4.21. The Labute approximate surface area is 174 Å². The molecule has 0 saturated heterocycles. The number of hydrogen-bond donors (Lipinski definition) is 1. The summed E-state index contributed by atoms with van der Waals surface area (Å²) in [6.07, 6.45) is 1.52. The lowest BCUT2D eigenvalue weighted by Crippen LogP contribution is -2.28. The quantitative estimate of drug-likeness (QED) is 0.615. The van der Waals surface area contributed by atoms with Crippen LogP contribution in [0.4, 0.5) is 0 Å². The highest BCUT2D eigenvalue weighted by atomic mass is 35.5. The number of benzene rings is 2. The van der Waals surface area contributed by atoms with Crippen molar-refractivity contribution in [2.24, 2.45) is 16.7 Å². The topological polar surface area (TPSA) is 70.3 Å². The van der Waals surface area contributed by atoms with E-state index in [1.807, 2.05) is 44.2 Å². The van der Waals surface area contributed by atoms with Gasteiger partial charge in [-0.3, -0.25) is 4.79 Å². The maximum absolute atomic E-state index is 12.3. The van der Waals surface area contributed by atoms with E-state index < -0.39 is 28.6 Å². The van der Waals surface area contributed by atoms with Crippen molar-refractivity contribution in [1.82, 2.24) is 0 Å². The summed E-state index contributed by atoms with van der Waals surface area (Å²) in [5.74, 6) is -1.22. The molecular formula is C22H19Cl2NO3. The highest BCUT2D eigenvalue weighted by Gasteiger charge is 2.78. The lowest BCUT2D eigenvalue weighted by molar-refractivity contribution is -0.145. The van der Waals surface area contributed by atoms with Crippen LogP contribution in [-0.4, -0.2) is 11.1 Å². The van der Waals surface area contributed by atoms with Crippen LogP contribution in [0.1, 0.15) is 25.3 Å². The van der Waals surface area contributed by atoms with Crippen LogP contribution in [0.3, 0.4) is 0 Å². The number of hydrogen-bond acceptors (Lipinski definition) is 3. The molecule has 1 N–H and O–H groups in total. The highest BCUT2D eigenvalue weighted by Crippen LogP contribution is 2.75. The number of aliphatic carboxylic acids is 1. The van der Waals surface area contributed by atoms with Crippen molar-refractivity contribution in [1.29, 1.82) is 5.26 Å². The summed E-state index contributed by atoms with van der Waals surface area (Å²) in [4.78, 5) is 12.3. The first-order valence-electron chi connectivity index (χ1n) is 8.73. The smallest absolute Gasteiger partial charge is 0.312 e. The average Bonchev–Trinajstić information content (AvgIpc) is 3.12. The van der Waals surface area contributed by atoms with Crippen molar-refractivity contribution in [2.75, 3.05) is 0 Å². The van der Waals surface area contributed by atoms with Crippen LogP contribution in [0.2, 0.25) is 0 Å². The number of halogens is 2. The van der Waals surface area contributed by atoms with E-state index >= 15 is 0 Å². The summed E-state index contributed by atoms with van der Waals surface area (Å²) in [6.45, 7) is 3.63. The molecule has 0 aliphatic heterocycles. The zero-order valence-electron chi connectivity index (χ0n) is 15.4. The summed E-state index contributed by atoms with van der Waals surface area (Å²) in [6, 6.07) is 18.4. The maximum Gasteiger partial charge on any atom is 0.312 e. The van der Waals surface area contributed by atoms with Crippen molar-refractivity contribution in [3.63, 3.8) is 0 Å². The Hall–Kier alpha value is -2.48. The van der Waals surface area contributed by atoms with Crippen molar-refractivity contribution >= 4 is 29.2 Å². The van der Waals surface area contributed by atoms with E-state index in [9.17, 15) is 15.2 Å². The highest BCUT2D eigenvalue weighted by molar-refractivity contribution is 6.55. The number of carboxylic acid groups (broad SMARTS) is 1.